The fraction of sp³-hybridized carbons (Fsp3) is 0.280. The Morgan fingerprint density at radius 1 is 1.06 bits per heavy atom. The van der Waals surface area contributed by atoms with Gasteiger partial charge in [0.1, 0.15) is 6.61 Å². The lowest BCUT2D eigenvalue weighted by atomic mass is 9.94. The van der Waals surface area contributed by atoms with Crippen LogP contribution in [0.3, 0.4) is 0 Å². The topological polar surface area (TPSA) is 60.4 Å². The Balaban J connectivity index is 1.67. The third-order valence-electron chi connectivity index (χ3n) is 5.28. The summed E-state index contributed by atoms with van der Waals surface area (Å²) in [5, 5.41) is 3.73. The van der Waals surface area contributed by atoms with Crippen LogP contribution in [0.2, 0.25) is 10.0 Å². The van der Waals surface area contributed by atoms with Crippen molar-refractivity contribution < 1.29 is 19.0 Å². The number of carbonyl (C=O) groups is 1. The van der Waals surface area contributed by atoms with Gasteiger partial charge in [-0.15, -0.1) is 0 Å². The van der Waals surface area contributed by atoms with Crippen LogP contribution in [0.25, 0.3) is 0 Å². The Morgan fingerprint density at radius 3 is 2.62 bits per heavy atom. The maximum atomic E-state index is 12.9. The fourth-order valence-corrected chi connectivity index (χ4v) is 4.88. The number of rotatable bonds is 8. The lowest BCUT2D eigenvalue weighted by molar-refractivity contribution is -0.139. The normalized spacial score (nSPS) is 16.9. The molecule has 4 rings (SSSR count). The first-order valence-electron chi connectivity index (χ1n) is 10.8. The summed E-state index contributed by atoms with van der Waals surface area (Å²) in [6, 6.07) is 10.7. The number of fused-ring (bicyclic) bond motifs is 1. The molecule has 0 fully saturated rings. The number of benzene rings is 2. The molecule has 2 heterocycles. The highest BCUT2D eigenvalue weighted by atomic mass is 35.5. The van der Waals surface area contributed by atoms with Crippen molar-refractivity contribution in [2.45, 2.75) is 33.4 Å². The smallest absolute Gasteiger partial charge is 0.338 e. The zero-order valence-electron chi connectivity index (χ0n) is 19.0. The zero-order chi connectivity index (χ0) is 24.2. The minimum atomic E-state index is -0.388. The molecule has 0 unspecified atom stereocenters. The van der Waals surface area contributed by atoms with E-state index in [4.69, 9.17) is 37.4 Å². The molecular weight excluding hydrogens is 495 g/mol. The Hall–Kier alpha value is -2.61. The van der Waals surface area contributed by atoms with E-state index in [1.807, 2.05) is 54.6 Å². The number of amidine groups is 1. The number of hydrogen-bond acceptors (Lipinski definition) is 7. The molecule has 2 aliphatic rings. The minimum Gasteiger partial charge on any atom is -0.490 e. The molecule has 0 N–H and O–H groups in total. The number of esters is 1. The maximum Gasteiger partial charge on any atom is 0.338 e. The van der Waals surface area contributed by atoms with E-state index in [-0.39, 0.29) is 18.6 Å². The van der Waals surface area contributed by atoms with Crippen LogP contribution in [0.5, 0.6) is 11.5 Å². The van der Waals surface area contributed by atoms with E-state index in [2.05, 4.69) is 4.99 Å². The van der Waals surface area contributed by atoms with Crippen LogP contribution in [0.15, 0.2) is 64.3 Å². The van der Waals surface area contributed by atoms with Gasteiger partial charge in [-0.1, -0.05) is 47.1 Å². The highest BCUT2D eigenvalue weighted by molar-refractivity contribution is 8.16. The molecule has 0 spiro atoms. The predicted octanol–water partition coefficient (Wildman–Crippen LogP) is 6.74. The van der Waals surface area contributed by atoms with Crippen LogP contribution in [0.4, 0.5) is 0 Å². The van der Waals surface area contributed by atoms with Crippen molar-refractivity contribution in [2.75, 3.05) is 13.2 Å². The Bertz CT molecular complexity index is 1200. The number of allylic oxidation sites excluding steroid dienone is 1. The molecule has 2 aromatic rings. The second-order valence-corrected chi connectivity index (χ2v) is 9.19. The third-order valence-corrected chi connectivity index (χ3v) is 6.79. The fourth-order valence-electron chi connectivity index (χ4n) is 3.77. The number of hydrogen-bond donors (Lipinski definition) is 0. The van der Waals surface area contributed by atoms with Crippen molar-refractivity contribution in [1.82, 2.24) is 4.90 Å². The van der Waals surface area contributed by atoms with Gasteiger partial charge in [0.2, 0.25) is 0 Å². The molecule has 0 radical (unpaired) electrons. The van der Waals surface area contributed by atoms with Crippen molar-refractivity contribution in [2.24, 2.45) is 4.99 Å². The van der Waals surface area contributed by atoms with Crippen molar-refractivity contribution in [3.05, 3.63) is 80.4 Å². The number of halogens is 2. The van der Waals surface area contributed by atoms with Crippen molar-refractivity contribution in [3.8, 4) is 11.5 Å². The van der Waals surface area contributed by atoms with Crippen molar-refractivity contribution >= 4 is 46.1 Å². The zero-order valence-corrected chi connectivity index (χ0v) is 21.3. The Labute approximate surface area is 213 Å². The molecule has 34 heavy (non-hydrogen) atoms. The summed E-state index contributed by atoms with van der Waals surface area (Å²) in [7, 11) is 0. The standard InChI is InChI=1S/C25H24Cl2N2O4S/c1-4-31-21-13-17(7-9-20(21)33-14-16-6-8-18(26)19(27)12-16)23-22(24(30)32-5-2)15(3)28-25-29(23)10-11-34-25/h6-13,23H,4-5,14H2,1-3H3/t23-/m1/s1. The van der Waals surface area contributed by atoms with Gasteiger partial charge in [-0.05, 0) is 61.6 Å². The van der Waals surface area contributed by atoms with E-state index < -0.39 is 0 Å². The average molecular weight is 519 g/mol. The van der Waals surface area contributed by atoms with Crippen molar-refractivity contribution in [1.29, 1.82) is 0 Å². The molecule has 0 amide bonds. The van der Waals surface area contributed by atoms with Crippen molar-refractivity contribution in [3.63, 3.8) is 0 Å². The van der Waals surface area contributed by atoms with E-state index in [1.54, 1.807) is 19.1 Å². The molecule has 0 aromatic heterocycles. The highest BCUT2D eigenvalue weighted by Gasteiger charge is 2.37. The average Bonchev–Trinajstić information content (AvgIpc) is 3.28. The van der Waals surface area contributed by atoms with Crippen LogP contribution < -0.4 is 9.47 Å². The first-order valence-corrected chi connectivity index (χ1v) is 12.5. The molecule has 0 bridgehead atoms. The molecule has 0 saturated carbocycles. The second kappa shape index (κ2) is 10.8. The van der Waals surface area contributed by atoms with E-state index in [0.717, 1.165) is 16.3 Å². The maximum absolute atomic E-state index is 12.9. The largest absolute Gasteiger partial charge is 0.490 e. The summed E-state index contributed by atoms with van der Waals surface area (Å²) >= 11 is 13.6. The van der Waals surface area contributed by atoms with E-state index in [9.17, 15) is 4.79 Å². The minimum absolute atomic E-state index is 0.287. The molecule has 2 aromatic carbocycles. The molecular formula is C25H24Cl2N2O4S. The quantitative estimate of drug-likeness (QED) is 0.360. The molecule has 9 heteroatoms. The second-order valence-electron chi connectivity index (χ2n) is 7.50. The lowest BCUT2D eigenvalue weighted by Crippen LogP contribution is -2.34. The van der Waals surface area contributed by atoms with Gasteiger partial charge >= 0.3 is 5.97 Å². The SMILES string of the molecule is CCOC(=O)C1=C(C)N=C2SC=CN2[C@@H]1c1ccc(OCc2ccc(Cl)c(Cl)c2)c(OCC)c1. The highest BCUT2D eigenvalue weighted by Crippen LogP contribution is 2.43. The number of ether oxygens (including phenoxy) is 3. The monoisotopic (exact) mass is 518 g/mol. The molecule has 2 aliphatic heterocycles. The van der Waals surface area contributed by atoms with E-state index in [1.165, 1.54) is 11.8 Å². The summed E-state index contributed by atoms with van der Waals surface area (Å²) in [6.07, 6.45) is 1.93. The summed E-state index contributed by atoms with van der Waals surface area (Å²) in [5.41, 5.74) is 2.90. The van der Waals surface area contributed by atoms with Gasteiger partial charge in [0.05, 0.1) is 40.6 Å². The Kier molecular flexibility index (Phi) is 7.76. The van der Waals surface area contributed by atoms with E-state index >= 15 is 0 Å². The molecule has 6 nitrogen and oxygen atoms in total. The number of aliphatic imine (C=N–C) groups is 1. The summed E-state index contributed by atoms with van der Waals surface area (Å²) in [4.78, 5) is 19.5. The molecule has 178 valence electrons. The van der Waals surface area contributed by atoms with E-state index in [0.29, 0.717) is 46.0 Å². The lowest BCUT2D eigenvalue weighted by Gasteiger charge is -2.33. The van der Waals surface area contributed by atoms with Crippen LogP contribution >= 0.6 is 35.0 Å². The van der Waals surface area contributed by atoms with Gasteiger partial charge in [-0.2, -0.15) is 0 Å². The summed E-state index contributed by atoms with van der Waals surface area (Å²) in [5.74, 6) is 0.794. The van der Waals surface area contributed by atoms with Crippen LogP contribution in [-0.4, -0.2) is 29.3 Å². The summed E-state index contributed by atoms with van der Waals surface area (Å²) < 4.78 is 17.3. The third kappa shape index (κ3) is 5.06. The van der Waals surface area contributed by atoms with Gasteiger partial charge in [0.15, 0.2) is 16.7 Å². The van der Waals surface area contributed by atoms with Gasteiger partial charge in [-0.3, -0.25) is 0 Å². The number of carbonyl (C=O) groups excluding carboxylic acids is 1. The van der Waals surface area contributed by atoms with Crippen LogP contribution in [0.1, 0.15) is 37.9 Å². The number of nitrogens with zero attached hydrogens (tertiary/aromatic N) is 2. The molecule has 1 atom stereocenters. The first kappa shape index (κ1) is 24.5. The van der Waals surface area contributed by atoms with Gasteiger partial charge < -0.3 is 19.1 Å². The van der Waals surface area contributed by atoms with Gasteiger partial charge in [0, 0.05) is 6.20 Å². The van der Waals surface area contributed by atoms with Gasteiger partial charge in [0.25, 0.3) is 0 Å². The van der Waals surface area contributed by atoms with Crippen LogP contribution in [-0.2, 0) is 16.1 Å². The van der Waals surface area contributed by atoms with Gasteiger partial charge in [-0.25, -0.2) is 9.79 Å². The predicted molar refractivity (Wildman–Crippen MR) is 136 cm³/mol. The number of thioether (sulfide) groups is 1. The van der Waals surface area contributed by atoms with Crippen LogP contribution in [0, 0.1) is 0 Å². The molecule has 0 saturated heterocycles. The first-order chi connectivity index (χ1) is 16.4. The Morgan fingerprint density at radius 2 is 1.88 bits per heavy atom. The molecule has 0 aliphatic carbocycles. The summed E-state index contributed by atoms with van der Waals surface area (Å²) in [6.45, 7) is 6.59.